The number of rotatable bonds is 7. The van der Waals surface area contributed by atoms with Crippen LogP contribution in [0, 0.1) is 0 Å². The molecule has 45 heavy (non-hydrogen) atoms. The van der Waals surface area contributed by atoms with Gasteiger partial charge in [0.25, 0.3) is 0 Å². The minimum atomic E-state index is -1.97. The molecule has 3 heterocycles. The Balaban J connectivity index is 1.41. The summed E-state index contributed by atoms with van der Waals surface area (Å²) in [4.78, 5) is 35.6. The summed E-state index contributed by atoms with van der Waals surface area (Å²) in [6, 6.07) is 6.47. The van der Waals surface area contributed by atoms with Crippen LogP contribution >= 0.6 is 0 Å². The van der Waals surface area contributed by atoms with Crippen molar-refractivity contribution in [3.8, 4) is 34.3 Å². The first kappa shape index (κ1) is 31.9. The van der Waals surface area contributed by atoms with Crippen molar-refractivity contribution < 1.29 is 84.0 Å². The number of phenols is 2. The van der Waals surface area contributed by atoms with Crippen molar-refractivity contribution in [1.82, 2.24) is 0 Å². The number of hydrogen-bond acceptors (Lipinski definition) is 16. The number of aliphatic hydroxyl groups is 6. The minimum absolute atomic E-state index is 0.0705. The molecule has 0 amide bonds. The van der Waals surface area contributed by atoms with Crippen LogP contribution in [0.25, 0.3) is 22.3 Å². The molecule has 242 valence electrons. The molecule has 5 rings (SSSR count). The molecule has 10 atom stereocenters. The van der Waals surface area contributed by atoms with Crippen LogP contribution in [0.3, 0.4) is 0 Å². The highest BCUT2D eigenvalue weighted by atomic mass is 16.7. The van der Waals surface area contributed by atoms with E-state index in [-0.39, 0.29) is 33.8 Å². The van der Waals surface area contributed by atoms with Crippen molar-refractivity contribution in [2.45, 2.75) is 61.4 Å². The van der Waals surface area contributed by atoms with Gasteiger partial charge in [-0.15, -0.1) is 0 Å². The molecule has 10 N–H and O–H groups in total. The van der Waals surface area contributed by atoms with Crippen LogP contribution in [0.2, 0.25) is 0 Å². The molecule has 3 aromatic rings. The Kier molecular flexibility index (Phi) is 8.58. The standard InChI is InChI=1S/C27H26O18/c28-9-3-7(1-2-12(9)43-27-21(36)17(32)19(34)23(45-27)25(39)40)13-6-11(30)15-10(29)4-8(5-14(15)42-13)41-26-20(35)16(31)18(33)22(44-26)24(37)38/h1-6,16-23,26-29,31-36H,(H,37,38)(H,39,40)/t16-,17-,18-,19-,20+,21+,22+,23-,26+,27+/m0/s1. The topological polar surface area (TPSA) is 304 Å². The molecular formula is C27H26O18. The van der Waals surface area contributed by atoms with Gasteiger partial charge in [0.15, 0.2) is 29.1 Å². The lowest BCUT2D eigenvalue weighted by Gasteiger charge is -2.38. The number of aromatic hydroxyl groups is 2. The van der Waals surface area contributed by atoms with Crippen LogP contribution in [0.15, 0.2) is 45.6 Å². The molecule has 18 nitrogen and oxygen atoms in total. The second kappa shape index (κ2) is 12.1. The van der Waals surface area contributed by atoms with E-state index in [2.05, 4.69) is 0 Å². The fourth-order valence-corrected chi connectivity index (χ4v) is 4.78. The van der Waals surface area contributed by atoms with Crippen LogP contribution in [-0.4, -0.2) is 124 Å². The van der Waals surface area contributed by atoms with Gasteiger partial charge in [-0.25, -0.2) is 9.59 Å². The average molecular weight is 638 g/mol. The summed E-state index contributed by atoms with van der Waals surface area (Å²) in [6.07, 6.45) is -19.2. The van der Waals surface area contributed by atoms with Gasteiger partial charge in [-0.1, -0.05) is 0 Å². The number of aliphatic carboxylic acids is 2. The predicted octanol–water partition coefficient (Wildman–Crippen LogP) is -2.59. The first-order valence-electron chi connectivity index (χ1n) is 13.0. The number of benzene rings is 2. The number of ether oxygens (including phenoxy) is 4. The smallest absolute Gasteiger partial charge is 0.335 e. The van der Waals surface area contributed by atoms with Gasteiger partial charge in [-0.05, 0) is 18.2 Å². The van der Waals surface area contributed by atoms with Crippen molar-refractivity contribution >= 4 is 22.9 Å². The summed E-state index contributed by atoms with van der Waals surface area (Å²) in [5.41, 5.74) is -0.959. The van der Waals surface area contributed by atoms with E-state index in [1.807, 2.05) is 0 Å². The fourth-order valence-electron chi connectivity index (χ4n) is 4.78. The summed E-state index contributed by atoms with van der Waals surface area (Å²) in [7, 11) is 0. The monoisotopic (exact) mass is 638 g/mol. The highest BCUT2D eigenvalue weighted by Gasteiger charge is 2.49. The van der Waals surface area contributed by atoms with Crippen molar-refractivity contribution in [2.75, 3.05) is 0 Å². The molecule has 2 aliphatic heterocycles. The Labute approximate surface area is 249 Å². The van der Waals surface area contributed by atoms with E-state index in [4.69, 9.17) is 23.4 Å². The molecule has 1 aromatic heterocycles. The number of carboxylic acid groups (broad SMARTS) is 2. The van der Waals surface area contributed by atoms with E-state index < -0.39 is 90.3 Å². The first-order valence-corrected chi connectivity index (χ1v) is 13.0. The number of aliphatic hydroxyl groups excluding tert-OH is 6. The summed E-state index contributed by atoms with van der Waals surface area (Å²) in [5, 5.41) is 99.2. The van der Waals surface area contributed by atoms with E-state index in [0.717, 1.165) is 30.3 Å². The second-order valence-corrected chi connectivity index (χ2v) is 10.2. The molecule has 2 aromatic carbocycles. The molecular weight excluding hydrogens is 612 g/mol. The number of fused-ring (bicyclic) bond motifs is 1. The van der Waals surface area contributed by atoms with Gasteiger partial charge in [0.1, 0.15) is 64.9 Å². The van der Waals surface area contributed by atoms with Gasteiger partial charge in [0.2, 0.25) is 12.6 Å². The van der Waals surface area contributed by atoms with E-state index in [1.165, 1.54) is 6.07 Å². The third-order valence-electron chi connectivity index (χ3n) is 7.15. The van der Waals surface area contributed by atoms with Crippen LogP contribution < -0.4 is 14.9 Å². The summed E-state index contributed by atoms with van der Waals surface area (Å²) < 4.78 is 26.5. The van der Waals surface area contributed by atoms with E-state index in [0.29, 0.717) is 0 Å². The van der Waals surface area contributed by atoms with Gasteiger partial charge < -0.3 is 74.4 Å². The molecule has 0 aliphatic carbocycles. The van der Waals surface area contributed by atoms with Gasteiger partial charge in [0, 0.05) is 23.8 Å². The van der Waals surface area contributed by atoms with E-state index in [1.54, 1.807) is 0 Å². The van der Waals surface area contributed by atoms with Crippen LogP contribution in [0.5, 0.6) is 23.0 Å². The lowest BCUT2D eigenvalue weighted by molar-refractivity contribution is -0.271. The highest BCUT2D eigenvalue weighted by molar-refractivity contribution is 5.86. The normalized spacial score (nSPS) is 31.8. The average Bonchev–Trinajstić information content (AvgIpc) is 2.97. The fraction of sp³-hybridized carbons (Fsp3) is 0.370. The van der Waals surface area contributed by atoms with Gasteiger partial charge in [0.05, 0.1) is 0 Å². The molecule has 0 saturated carbocycles. The number of carboxylic acids is 2. The third-order valence-corrected chi connectivity index (χ3v) is 7.15. The predicted molar refractivity (Wildman–Crippen MR) is 141 cm³/mol. The van der Waals surface area contributed by atoms with Crippen molar-refractivity contribution in [2.24, 2.45) is 0 Å². The van der Waals surface area contributed by atoms with Gasteiger partial charge >= 0.3 is 11.9 Å². The molecule has 0 radical (unpaired) electrons. The molecule has 0 unspecified atom stereocenters. The zero-order valence-corrected chi connectivity index (χ0v) is 22.5. The zero-order valence-electron chi connectivity index (χ0n) is 22.5. The van der Waals surface area contributed by atoms with Crippen LogP contribution in [0.4, 0.5) is 0 Å². The summed E-state index contributed by atoms with van der Waals surface area (Å²) in [6.45, 7) is 0. The molecule has 18 heteroatoms. The van der Waals surface area contributed by atoms with Crippen LogP contribution in [-0.2, 0) is 19.1 Å². The molecule has 2 saturated heterocycles. The van der Waals surface area contributed by atoms with Crippen molar-refractivity contribution in [1.29, 1.82) is 0 Å². The molecule has 0 bridgehead atoms. The Bertz CT molecular complexity index is 1670. The largest absolute Gasteiger partial charge is 0.507 e. The molecule has 0 spiro atoms. The quantitative estimate of drug-likeness (QED) is 0.127. The number of hydrogen-bond donors (Lipinski definition) is 10. The van der Waals surface area contributed by atoms with Gasteiger partial charge in [-0.3, -0.25) is 4.79 Å². The second-order valence-electron chi connectivity index (χ2n) is 10.2. The van der Waals surface area contributed by atoms with Crippen molar-refractivity contribution in [3.63, 3.8) is 0 Å². The third kappa shape index (κ3) is 5.95. The Hall–Kier alpha value is -4.53. The number of phenolic OH excluding ortho intramolecular Hbond substituents is 2. The zero-order chi connectivity index (χ0) is 32.9. The lowest BCUT2D eigenvalue weighted by atomic mass is 9.99. The van der Waals surface area contributed by atoms with Gasteiger partial charge in [-0.2, -0.15) is 0 Å². The summed E-state index contributed by atoms with van der Waals surface area (Å²) in [5.74, 6) is -5.38. The SMILES string of the molecule is O=C(O)[C@H]1O[C@@H](Oc2ccc(-c3cc(=O)c4c(O)cc(O[C@@H]5O[C@@H](C(=O)O)[C@@H](O)[C@H](O)[C@H]5O)cc4o3)cc2O)[C@H](O)[C@@H](O)[C@@H]1O. The number of carbonyl (C=O) groups is 2. The minimum Gasteiger partial charge on any atom is -0.507 e. The lowest BCUT2D eigenvalue weighted by Crippen LogP contribution is -2.61. The van der Waals surface area contributed by atoms with Crippen LogP contribution in [0.1, 0.15) is 0 Å². The summed E-state index contributed by atoms with van der Waals surface area (Å²) >= 11 is 0. The Morgan fingerprint density at radius 2 is 1.22 bits per heavy atom. The highest BCUT2D eigenvalue weighted by Crippen LogP contribution is 2.37. The van der Waals surface area contributed by atoms with E-state index >= 15 is 0 Å². The maximum atomic E-state index is 12.9. The van der Waals surface area contributed by atoms with E-state index in [9.17, 15) is 65.4 Å². The maximum Gasteiger partial charge on any atom is 0.335 e. The molecule has 2 aliphatic rings. The molecule has 2 fully saturated rings. The Morgan fingerprint density at radius 1 is 0.667 bits per heavy atom. The van der Waals surface area contributed by atoms with Crippen molar-refractivity contribution in [3.05, 3.63) is 46.6 Å². The maximum absolute atomic E-state index is 12.9. The first-order chi connectivity index (χ1) is 21.2. The Morgan fingerprint density at radius 3 is 1.76 bits per heavy atom.